The fourth-order valence-electron chi connectivity index (χ4n) is 2.64. The average molecular weight is 217 g/mol. The largest absolute Gasteiger partial charge is 0.335 e. The normalized spacial score (nSPS) is 18.2. The summed E-state index contributed by atoms with van der Waals surface area (Å²) in [4.78, 5) is 17.3. The number of rotatable bonds is 1. The SMILES string of the molecule is Cc1c2c(nc3c1CN(C=O)C3)CCNC2. The molecule has 1 aromatic rings. The summed E-state index contributed by atoms with van der Waals surface area (Å²) in [5.41, 5.74) is 6.26. The van der Waals surface area contributed by atoms with Crippen molar-refractivity contribution in [3.8, 4) is 0 Å². The maximum atomic E-state index is 10.8. The Kier molecular flexibility index (Phi) is 2.17. The Bertz CT molecular complexity index is 456. The van der Waals surface area contributed by atoms with Crippen LogP contribution in [0, 0.1) is 6.92 Å². The van der Waals surface area contributed by atoms with E-state index >= 15 is 0 Å². The number of carbonyl (C=O) groups excluding carboxylic acids is 1. The third-order valence-corrected chi connectivity index (χ3v) is 3.58. The fraction of sp³-hybridized carbons (Fsp3) is 0.500. The molecule has 3 heterocycles. The van der Waals surface area contributed by atoms with Crippen molar-refractivity contribution in [2.24, 2.45) is 0 Å². The summed E-state index contributed by atoms with van der Waals surface area (Å²) >= 11 is 0. The molecule has 4 heteroatoms. The molecule has 2 aliphatic heterocycles. The van der Waals surface area contributed by atoms with Gasteiger partial charge >= 0.3 is 0 Å². The van der Waals surface area contributed by atoms with Crippen LogP contribution in [0.25, 0.3) is 0 Å². The Morgan fingerprint density at radius 2 is 2.19 bits per heavy atom. The van der Waals surface area contributed by atoms with E-state index in [1.54, 1.807) is 4.90 Å². The summed E-state index contributed by atoms with van der Waals surface area (Å²) < 4.78 is 0. The van der Waals surface area contributed by atoms with Crippen LogP contribution >= 0.6 is 0 Å². The Labute approximate surface area is 94.7 Å². The quantitative estimate of drug-likeness (QED) is 0.697. The molecule has 1 aromatic heterocycles. The van der Waals surface area contributed by atoms with Crippen LogP contribution in [0.1, 0.15) is 28.1 Å². The molecule has 0 atom stereocenters. The smallest absolute Gasteiger partial charge is 0.210 e. The van der Waals surface area contributed by atoms with Gasteiger partial charge in [-0.25, -0.2) is 0 Å². The first-order chi connectivity index (χ1) is 7.79. The van der Waals surface area contributed by atoms with Gasteiger partial charge in [0, 0.05) is 31.7 Å². The van der Waals surface area contributed by atoms with Gasteiger partial charge < -0.3 is 10.2 Å². The highest BCUT2D eigenvalue weighted by molar-refractivity contribution is 5.52. The number of aromatic nitrogens is 1. The molecule has 2 aliphatic rings. The molecule has 1 amide bonds. The standard InChI is InChI=1S/C12H15N3O/c1-8-9-4-13-3-2-11(9)14-12-6-15(7-16)5-10(8)12/h7,13H,2-6H2,1H3. The average Bonchev–Trinajstić information content (AvgIpc) is 2.73. The van der Waals surface area contributed by atoms with Gasteiger partial charge in [-0.3, -0.25) is 9.78 Å². The minimum absolute atomic E-state index is 0.681. The summed E-state index contributed by atoms with van der Waals surface area (Å²) in [6.45, 7) is 5.49. The van der Waals surface area contributed by atoms with Crippen LogP contribution in [0.3, 0.4) is 0 Å². The molecule has 0 unspecified atom stereocenters. The van der Waals surface area contributed by atoms with Crippen molar-refractivity contribution in [1.29, 1.82) is 0 Å². The number of pyridine rings is 1. The van der Waals surface area contributed by atoms with Crippen LogP contribution in [0.15, 0.2) is 0 Å². The molecule has 16 heavy (non-hydrogen) atoms. The number of hydrogen-bond acceptors (Lipinski definition) is 3. The summed E-state index contributed by atoms with van der Waals surface area (Å²) in [6.07, 6.45) is 1.92. The number of hydrogen-bond donors (Lipinski definition) is 1. The van der Waals surface area contributed by atoms with Gasteiger partial charge in [0.05, 0.1) is 12.2 Å². The van der Waals surface area contributed by atoms with Crippen LogP contribution < -0.4 is 5.32 Å². The molecule has 0 saturated heterocycles. The zero-order valence-electron chi connectivity index (χ0n) is 9.42. The zero-order valence-corrected chi connectivity index (χ0v) is 9.42. The van der Waals surface area contributed by atoms with Crippen molar-refractivity contribution < 1.29 is 4.79 Å². The van der Waals surface area contributed by atoms with Gasteiger partial charge in [-0.2, -0.15) is 0 Å². The minimum Gasteiger partial charge on any atom is -0.335 e. The third-order valence-electron chi connectivity index (χ3n) is 3.58. The molecular weight excluding hydrogens is 202 g/mol. The number of carbonyl (C=O) groups is 1. The second kappa shape index (κ2) is 3.56. The van der Waals surface area contributed by atoms with Gasteiger partial charge in [0.1, 0.15) is 0 Å². The Balaban J connectivity index is 2.10. The molecule has 0 saturated carbocycles. The van der Waals surface area contributed by atoms with Gasteiger partial charge in [-0.1, -0.05) is 0 Å². The summed E-state index contributed by atoms with van der Waals surface area (Å²) in [6, 6.07) is 0. The first-order valence-electron chi connectivity index (χ1n) is 5.69. The van der Waals surface area contributed by atoms with E-state index in [1.807, 2.05) is 0 Å². The van der Waals surface area contributed by atoms with E-state index in [1.165, 1.54) is 22.4 Å². The molecule has 0 spiro atoms. The molecule has 0 aromatic carbocycles. The summed E-state index contributed by atoms with van der Waals surface area (Å²) in [5, 5.41) is 3.37. The molecule has 0 bridgehead atoms. The van der Waals surface area contributed by atoms with Gasteiger partial charge in [0.15, 0.2) is 0 Å². The Morgan fingerprint density at radius 3 is 3.00 bits per heavy atom. The topological polar surface area (TPSA) is 45.2 Å². The molecule has 3 rings (SSSR count). The lowest BCUT2D eigenvalue weighted by Crippen LogP contribution is -2.26. The third kappa shape index (κ3) is 1.33. The predicted octanol–water partition coefficient (Wildman–Crippen LogP) is 0.508. The maximum absolute atomic E-state index is 10.8. The van der Waals surface area contributed by atoms with Crippen LogP contribution in [-0.2, 0) is 30.8 Å². The highest BCUT2D eigenvalue weighted by Gasteiger charge is 2.25. The van der Waals surface area contributed by atoms with Crippen LogP contribution in [-0.4, -0.2) is 22.8 Å². The molecule has 84 valence electrons. The van der Waals surface area contributed by atoms with Gasteiger partial charge in [0.25, 0.3) is 0 Å². The number of amides is 1. The van der Waals surface area contributed by atoms with E-state index in [-0.39, 0.29) is 0 Å². The van der Waals surface area contributed by atoms with Gasteiger partial charge in [-0.05, 0) is 23.6 Å². The van der Waals surface area contributed by atoms with Crippen LogP contribution in [0.2, 0.25) is 0 Å². The first-order valence-corrected chi connectivity index (χ1v) is 5.69. The predicted molar refractivity (Wildman–Crippen MR) is 59.7 cm³/mol. The lowest BCUT2D eigenvalue weighted by atomic mass is 9.97. The monoisotopic (exact) mass is 217 g/mol. The maximum Gasteiger partial charge on any atom is 0.210 e. The molecular formula is C12H15N3O. The highest BCUT2D eigenvalue weighted by Crippen LogP contribution is 2.28. The molecule has 4 nitrogen and oxygen atoms in total. The summed E-state index contributed by atoms with van der Waals surface area (Å²) in [7, 11) is 0. The lowest BCUT2D eigenvalue weighted by Gasteiger charge is -2.20. The molecule has 0 fully saturated rings. The fourth-order valence-corrected chi connectivity index (χ4v) is 2.64. The highest BCUT2D eigenvalue weighted by atomic mass is 16.1. The lowest BCUT2D eigenvalue weighted by molar-refractivity contribution is -0.118. The molecule has 0 aliphatic carbocycles. The second-order valence-electron chi connectivity index (χ2n) is 4.52. The minimum atomic E-state index is 0.681. The van der Waals surface area contributed by atoms with E-state index in [9.17, 15) is 4.79 Å². The summed E-state index contributed by atoms with van der Waals surface area (Å²) in [5.74, 6) is 0. The van der Waals surface area contributed by atoms with Crippen molar-refractivity contribution in [3.63, 3.8) is 0 Å². The van der Waals surface area contributed by atoms with Crippen LogP contribution in [0.5, 0.6) is 0 Å². The van der Waals surface area contributed by atoms with Gasteiger partial charge in [0.2, 0.25) is 6.41 Å². The van der Waals surface area contributed by atoms with E-state index < -0.39 is 0 Å². The molecule has 0 radical (unpaired) electrons. The molecule has 1 N–H and O–H groups in total. The van der Waals surface area contributed by atoms with E-state index in [0.717, 1.165) is 38.2 Å². The Morgan fingerprint density at radius 1 is 1.31 bits per heavy atom. The van der Waals surface area contributed by atoms with Crippen LogP contribution in [0.4, 0.5) is 0 Å². The van der Waals surface area contributed by atoms with Gasteiger partial charge in [-0.15, -0.1) is 0 Å². The second-order valence-corrected chi connectivity index (χ2v) is 4.52. The van der Waals surface area contributed by atoms with Crippen molar-refractivity contribution in [1.82, 2.24) is 15.2 Å². The zero-order chi connectivity index (χ0) is 11.1. The number of nitrogens with one attached hydrogen (secondary N) is 1. The first kappa shape index (κ1) is 9.78. The van der Waals surface area contributed by atoms with E-state index in [0.29, 0.717) is 6.54 Å². The number of nitrogens with zero attached hydrogens (tertiary/aromatic N) is 2. The van der Waals surface area contributed by atoms with E-state index in [4.69, 9.17) is 4.98 Å². The van der Waals surface area contributed by atoms with Crippen molar-refractivity contribution in [2.45, 2.75) is 33.0 Å². The van der Waals surface area contributed by atoms with Crippen molar-refractivity contribution in [3.05, 3.63) is 28.1 Å². The van der Waals surface area contributed by atoms with Crippen molar-refractivity contribution in [2.75, 3.05) is 6.54 Å². The Hall–Kier alpha value is -1.42. The van der Waals surface area contributed by atoms with E-state index in [2.05, 4.69) is 12.2 Å². The number of fused-ring (bicyclic) bond motifs is 2. The van der Waals surface area contributed by atoms with Crippen molar-refractivity contribution >= 4 is 6.41 Å².